The number of rotatable bonds is 3. The van der Waals surface area contributed by atoms with Gasteiger partial charge in [-0.2, -0.15) is 0 Å². The van der Waals surface area contributed by atoms with E-state index in [-0.39, 0.29) is 16.7 Å². The van der Waals surface area contributed by atoms with E-state index in [1.165, 1.54) is 6.42 Å². The Morgan fingerprint density at radius 1 is 1.45 bits per heavy atom. The summed E-state index contributed by atoms with van der Waals surface area (Å²) in [6.45, 7) is 0.758. The zero-order valence-electron chi connectivity index (χ0n) is 11.2. The Morgan fingerprint density at radius 3 is 2.90 bits per heavy atom. The van der Waals surface area contributed by atoms with Gasteiger partial charge in [0.15, 0.2) is 0 Å². The number of ether oxygens (including phenoxy) is 2. The molecule has 3 nitrogen and oxygen atoms in total. The molecule has 0 amide bonds. The molecule has 20 heavy (non-hydrogen) atoms. The molecule has 0 aromatic heterocycles. The van der Waals surface area contributed by atoms with E-state index in [2.05, 4.69) is 0 Å². The number of halogens is 1. The van der Waals surface area contributed by atoms with E-state index in [4.69, 9.17) is 39.0 Å². The number of thiocarbonyl (C=S) groups is 1. The Bertz CT molecular complexity index is 531. The van der Waals surface area contributed by atoms with E-state index >= 15 is 0 Å². The van der Waals surface area contributed by atoms with Gasteiger partial charge in [0.05, 0.1) is 22.8 Å². The second-order valence-electron chi connectivity index (χ2n) is 5.59. The smallest absolute Gasteiger partial charge is 0.131 e. The van der Waals surface area contributed by atoms with E-state index in [1.54, 1.807) is 6.07 Å². The fraction of sp³-hybridized carbons (Fsp3) is 0.533. The predicted octanol–water partition coefficient (Wildman–Crippen LogP) is 3.45. The maximum absolute atomic E-state index is 6.16. The van der Waals surface area contributed by atoms with Crippen molar-refractivity contribution in [2.24, 2.45) is 5.73 Å². The fourth-order valence-electron chi connectivity index (χ4n) is 3.02. The van der Waals surface area contributed by atoms with Crippen molar-refractivity contribution in [3.8, 4) is 5.75 Å². The molecular formula is C15H18ClNO2S. The van der Waals surface area contributed by atoms with Gasteiger partial charge in [-0.05, 0) is 31.4 Å². The van der Waals surface area contributed by atoms with E-state index in [0.717, 1.165) is 32.3 Å². The minimum Gasteiger partial charge on any atom is -0.489 e. The third kappa shape index (κ3) is 2.65. The molecule has 1 aromatic rings. The van der Waals surface area contributed by atoms with Gasteiger partial charge in [-0.3, -0.25) is 0 Å². The van der Waals surface area contributed by atoms with Gasteiger partial charge in [0.2, 0.25) is 0 Å². The van der Waals surface area contributed by atoms with Gasteiger partial charge in [0.25, 0.3) is 0 Å². The summed E-state index contributed by atoms with van der Waals surface area (Å²) in [6.07, 6.45) is 5.52. The van der Waals surface area contributed by atoms with Crippen LogP contribution in [-0.4, -0.2) is 23.3 Å². The van der Waals surface area contributed by atoms with Crippen LogP contribution < -0.4 is 10.5 Å². The minimum atomic E-state index is 0.0604. The van der Waals surface area contributed by atoms with Crippen LogP contribution in [0.25, 0.3) is 0 Å². The summed E-state index contributed by atoms with van der Waals surface area (Å²) in [5, 5.41) is 0.542. The predicted molar refractivity (Wildman–Crippen MR) is 83.5 cm³/mol. The zero-order valence-corrected chi connectivity index (χ0v) is 12.8. The first-order valence-electron chi connectivity index (χ1n) is 6.99. The summed E-state index contributed by atoms with van der Waals surface area (Å²) < 4.78 is 12.0. The summed E-state index contributed by atoms with van der Waals surface area (Å²) in [5.74, 6) is 0.686. The van der Waals surface area contributed by atoms with Gasteiger partial charge >= 0.3 is 0 Å². The molecular weight excluding hydrogens is 294 g/mol. The van der Waals surface area contributed by atoms with Crippen molar-refractivity contribution in [2.75, 3.05) is 6.61 Å². The molecule has 1 aliphatic heterocycles. The SMILES string of the molecule is NC(=S)c1c(Cl)cccc1OC1CCOC2(CCC2)C1. The van der Waals surface area contributed by atoms with Crippen molar-refractivity contribution in [1.82, 2.24) is 0 Å². The molecule has 1 unspecified atom stereocenters. The molecule has 1 spiro atoms. The number of nitrogens with two attached hydrogens (primary N) is 1. The molecule has 1 heterocycles. The minimum absolute atomic E-state index is 0.0604. The lowest BCUT2D eigenvalue weighted by atomic mass is 9.74. The highest BCUT2D eigenvalue weighted by Crippen LogP contribution is 2.43. The Balaban J connectivity index is 1.77. The molecule has 0 bridgehead atoms. The largest absolute Gasteiger partial charge is 0.489 e. The lowest BCUT2D eigenvalue weighted by molar-refractivity contribution is -0.153. The Hall–Kier alpha value is -0.840. The molecule has 1 saturated heterocycles. The molecule has 1 aliphatic carbocycles. The van der Waals surface area contributed by atoms with Crippen LogP contribution in [-0.2, 0) is 4.74 Å². The molecule has 108 valence electrons. The first-order valence-corrected chi connectivity index (χ1v) is 7.77. The highest BCUT2D eigenvalue weighted by atomic mass is 35.5. The van der Waals surface area contributed by atoms with Crippen LogP contribution in [0.2, 0.25) is 5.02 Å². The van der Waals surface area contributed by atoms with Crippen molar-refractivity contribution in [3.05, 3.63) is 28.8 Å². The monoisotopic (exact) mass is 311 g/mol. The molecule has 1 atom stereocenters. The number of benzene rings is 1. The van der Waals surface area contributed by atoms with E-state index in [9.17, 15) is 0 Å². The van der Waals surface area contributed by atoms with Crippen LogP contribution >= 0.6 is 23.8 Å². The van der Waals surface area contributed by atoms with Crippen molar-refractivity contribution in [1.29, 1.82) is 0 Å². The molecule has 5 heteroatoms. The third-order valence-corrected chi connectivity index (χ3v) is 4.75. The molecule has 2 fully saturated rings. The lowest BCUT2D eigenvalue weighted by Gasteiger charge is -2.47. The quantitative estimate of drug-likeness (QED) is 0.868. The van der Waals surface area contributed by atoms with Crippen LogP contribution in [0.4, 0.5) is 0 Å². The summed E-state index contributed by atoms with van der Waals surface area (Å²) in [7, 11) is 0. The third-order valence-electron chi connectivity index (χ3n) is 4.23. The maximum Gasteiger partial charge on any atom is 0.131 e. The Morgan fingerprint density at radius 2 is 2.25 bits per heavy atom. The van der Waals surface area contributed by atoms with Gasteiger partial charge in [-0.15, -0.1) is 0 Å². The Kier molecular flexibility index (Phi) is 3.89. The first-order chi connectivity index (χ1) is 9.60. The highest BCUT2D eigenvalue weighted by molar-refractivity contribution is 7.80. The van der Waals surface area contributed by atoms with Gasteiger partial charge in [-0.25, -0.2) is 0 Å². The molecule has 0 radical (unpaired) electrons. The second-order valence-corrected chi connectivity index (χ2v) is 6.44. The average molecular weight is 312 g/mol. The average Bonchev–Trinajstić information content (AvgIpc) is 2.37. The standard InChI is InChI=1S/C15H18ClNO2S/c16-11-3-1-4-12(13(11)14(17)20)19-10-5-8-18-15(9-10)6-2-7-15/h1,3-4,10H,2,5-9H2,(H2,17,20). The normalized spacial score (nSPS) is 24.1. The summed E-state index contributed by atoms with van der Waals surface area (Å²) in [6, 6.07) is 5.52. The first kappa shape index (κ1) is 14.1. The lowest BCUT2D eigenvalue weighted by Crippen LogP contribution is -2.48. The molecule has 2 N–H and O–H groups in total. The second kappa shape index (κ2) is 5.51. The van der Waals surface area contributed by atoms with E-state index < -0.39 is 0 Å². The van der Waals surface area contributed by atoms with Crippen molar-refractivity contribution in [3.63, 3.8) is 0 Å². The van der Waals surface area contributed by atoms with Crippen molar-refractivity contribution >= 4 is 28.8 Å². The summed E-state index contributed by atoms with van der Waals surface area (Å²) in [5.41, 5.74) is 6.45. The summed E-state index contributed by atoms with van der Waals surface area (Å²) in [4.78, 5) is 0.274. The maximum atomic E-state index is 6.16. The van der Waals surface area contributed by atoms with Crippen molar-refractivity contribution in [2.45, 2.75) is 43.8 Å². The van der Waals surface area contributed by atoms with Crippen LogP contribution in [0, 0.1) is 0 Å². The van der Waals surface area contributed by atoms with E-state index in [0.29, 0.717) is 16.3 Å². The fourth-order valence-corrected chi connectivity index (χ4v) is 3.56. The number of hydrogen-bond acceptors (Lipinski definition) is 3. The molecule has 1 aromatic carbocycles. The van der Waals surface area contributed by atoms with Gasteiger partial charge < -0.3 is 15.2 Å². The summed E-state index contributed by atoms with van der Waals surface area (Å²) >= 11 is 11.2. The van der Waals surface area contributed by atoms with Crippen LogP contribution in [0.1, 0.15) is 37.7 Å². The van der Waals surface area contributed by atoms with E-state index in [1.807, 2.05) is 12.1 Å². The molecule has 3 rings (SSSR count). The molecule has 1 saturated carbocycles. The van der Waals surface area contributed by atoms with Crippen molar-refractivity contribution < 1.29 is 9.47 Å². The van der Waals surface area contributed by atoms with Gasteiger partial charge in [0, 0.05) is 12.8 Å². The topological polar surface area (TPSA) is 44.5 Å². The van der Waals surface area contributed by atoms with Gasteiger partial charge in [0.1, 0.15) is 16.8 Å². The van der Waals surface area contributed by atoms with Crippen LogP contribution in [0.5, 0.6) is 5.75 Å². The highest BCUT2D eigenvalue weighted by Gasteiger charge is 2.43. The van der Waals surface area contributed by atoms with Crippen LogP contribution in [0.15, 0.2) is 18.2 Å². The molecule has 2 aliphatic rings. The van der Waals surface area contributed by atoms with Crippen LogP contribution in [0.3, 0.4) is 0 Å². The number of hydrogen-bond donors (Lipinski definition) is 1. The zero-order chi connectivity index (χ0) is 14.2. The van der Waals surface area contributed by atoms with Gasteiger partial charge in [-0.1, -0.05) is 29.9 Å². The Labute approximate surface area is 129 Å².